The Hall–Kier alpha value is -3.09. The smallest absolute Gasteiger partial charge is 0.314 e. The first-order chi connectivity index (χ1) is 16.1. The Morgan fingerprint density at radius 2 is 1.91 bits per heavy atom. The lowest BCUT2D eigenvalue weighted by Gasteiger charge is -2.21. The third-order valence-corrected chi connectivity index (χ3v) is 6.49. The molecular formula is C21H26ClN7O4S. The van der Waals surface area contributed by atoms with E-state index in [1.165, 1.54) is 48.7 Å². The van der Waals surface area contributed by atoms with Gasteiger partial charge in [0.15, 0.2) is 5.01 Å². The number of aromatic nitrogens is 2. The standard InChI is InChI=1S/C21H26ClN7O4S/c1-28(2)21(33)14(11-24-17(30)18(31)27-16-5-4-12(22)10-23-16)25-19(32)20-26-13-6-8-29(3)9-7-15(13)34-20/h4-5,10,14H,6-9,11H2,1-3H3,(H,24,30)(H,25,32)(H,23,27,31). The highest BCUT2D eigenvalue weighted by Crippen LogP contribution is 2.22. The van der Waals surface area contributed by atoms with Crippen LogP contribution in [0.15, 0.2) is 18.3 Å². The molecule has 3 rings (SSSR count). The Morgan fingerprint density at radius 1 is 1.18 bits per heavy atom. The van der Waals surface area contributed by atoms with Gasteiger partial charge in [0.1, 0.15) is 11.9 Å². The fourth-order valence-electron chi connectivity index (χ4n) is 3.20. The Balaban J connectivity index is 1.62. The van der Waals surface area contributed by atoms with E-state index in [4.69, 9.17) is 11.6 Å². The summed E-state index contributed by atoms with van der Waals surface area (Å²) in [7, 11) is 5.11. The third-order valence-electron chi connectivity index (χ3n) is 5.11. The van der Waals surface area contributed by atoms with Gasteiger partial charge in [0.05, 0.1) is 10.7 Å². The first kappa shape index (κ1) is 25.5. The fraction of sp³-hybridized carbons (Fsp3) is 0.429. The monoisotopic (exact) mass is 507 g/mol. The van der Waals surface area contributed by atoms with Gasteiger partial charge < -0.3 is 25.8 Å². The van der Waals surface area contributed by atoms with Gasteiger partial charge in [-0.05, 0) is 25.6 Å². The van der Waals surface area contributed by atoms with Crippen molar-refractivity contribution in [3.8, 4) is 0 Å². The maximum absolute atomic E-state index is 12.8. The molecule has 0 bridgehead atoms. The average molecular weight is 508 g/mol. The summed E-state index contributed by atoms with van der Waals surface area (Å²) in [4.78, 5) is 62.7. The van der Waals surface area contributed by atoms with Crippen LogP contribution in [0.5, 0.6) is 0 Å². The number of anilines is 1. The summed E-state index contributed by atoms with van der Waals surface area (Å²) in [5.41, 5.74) is 0.899. The molecule has 0 saturated heterocycles. The van der Waals surface area contributed by atoms with Gasteiger partial charge in [-0.25, -0.2) is 9.97 Å². The molecule has 182 valence electrons. The lowest BCUT2D eigenvalue weighted by molar-refractivity contribution is -0.136. The van der Waals surface area contributed by atoms with Crippen molar-refractivity contribution in [1.29, 1.82) is 0 Å². The molecule has 1 aliphatic rings. The zero-order chi connectivity index (χ0) is 24.8. The van der Waals surface area contributed by atoms with Crippen molar-refractivity contribution in [2.45, 2.75) is 18.9 Å². The van der Waals surface area contributed by atoms with Crippen LogP contribution in [0.2, 0.25) is 5.02 Å². The van der Waals surface area contributed by atoms with Crippen LogP contribution in [0, 0.1) is 0 Å². The second-order valence-electron chi connectivity index (χ2n) is 7.98. The molecule has 3 heterocycles. The molecule has 0 aliphatic carbocycles. The summed E-state index contributed by atoms with van der Waals surface area (Å²) in [6, 6.07) is 1.88. The molecule has 13 heteroatoms. The normalized spacial score (nSPS) is 14.4. The predicted molar refractivity (Wildman–Crippen MR) is 128 cm³/mol. The Labute approximate surface area is 205 Å². The number of hydrogen-bond acceptors (Lipinski definition) is 8. The third kappa shape index (κ3) is 6.72. The van der Waals surface area contributed by atoms with Crippen molar-refractivity contribution in [1.82, 2.24) is 30.4 Å². The minimum atomic E-state index is -1.08. The van der Waals surface area contributed by atoms with Gasteiger partial charge in [0.2, 0.25) is 5.91 Å². The number of rotatable bonds is 6. The van der Waals surface area contributed by atoms with Crippen LogP contribution in [0.1, 0.15) is 20.4 Å². The van der Waals surface area contributed by atoms with Gasteiger partial charge in [-0.1, -0.05) is 11.6 Å². The second kappa shape index (κ2) is 11.4. The average Bonchev–Trinajstić information content (AvgIpc) is 3.14. The molecule has 1 aliphatic heterocycles. The van der Waals surface area contributed by atoms with E-state index in [1.807, 2.05) is 7.05 Å². The predicted octanol–water partition coefficient (Wildman–Crippen LogP) is 0.163. The highest BCUT2D eigenvalue weighted by Gasteiger charge is 2.27. The SMILES string of the molecule is CN1CCc2nc(C(=O)NC(CNC(=O)C(=O)Nc3ccc(Cl)cn3)C(=O)N(C)C)sc2CC1. The second-order valence-corrected chi connectivity index (χ2v) is 9.50. The van der Waals surface area contributed by atoms with E-state index in [0.29, 0.717) is 5.02 Å². The van der Waals surface area contributed by atoms with Crippen LogP contribution in [0.4, 0.5) is 5.82 Å². The number of pyridine rings is 1. The molecule has 34 heavy (non-hydrogen) atoms. The van der Waals surface area contributed by atoms with Gasteiger partial charge in [0, 0.05) is 51.2 Å². The number of nitrogens with one attached hydrogen (secondary N) is 3. The highest BCUT2D eigenvalue weighted by atomic mass is 35.5. The summed E-state index contributed by atoms with van der Waals surface area (Å²) >= 11 is 7.06. The molecule has 0 spiro atoms. The summed E-state index contributed by atoms with van der Waals surface area (Å²) in [6.45, 7) is 1.47. The summed E-state index contributed by atoms with van der Waals surface area (Å²) < 4.78 is 0. The molecule has 0 saturated carbocycles. The van der Waals surface area contributed by atoms with E-state index in [2.05, 4.69) is 30.8 Å². The van der Waals surface area contributed by atoms with Gasteiger partial charge >= 0.3 is 11.8 Å². The number of hydrogen-bond donors (Lipinski definition) is 3. The van der Waals surface area contributed by atoms with Crippen molar-refractivity contribution in [2.24, 2.45) is 0 Å². The number of thiazole rings is 1. The van der Waals surface area contributed by atoms with Crippen LogP contribution >= 0.6 is 22.9 Å². The van der Waals surface area contributed by atoms with Gasteiger partial charge in [-0.2, -0.15) is 0 Å². The molecule has 0 fully saturated rings. The minimum absolute atomic E-state index is 0.147. The summed E-state index contributed by atoms with van der Waals surface area (Å²) in [5, 5.41) is 7.99. The molecule has 11 nitrogen and oxygen atoms in total. The number of halogens is 1. The molecule has 0 aromatic carbocycles. The Kier molecular flexibility index (Phi) is 8.53. The van der Waals surface area contributed by atoms with Crippen molar-refractivity contribution in [3.63, 3.8) is 0 Å². The van der Waals surface area contributed by atoms with E-state index >= 15 is 0 Å². The van der Waals surface area contributed by atoms with Crippen molar-refractivity contribution < 1.29 is 19.2 Å². The number of fused-ring (bicyclic) bond motifs is 1. The molecular weight excluding hydrogens is 482 g/mol. The quantitative estimate of drug-likeness (QED) is 0.474. The number of amides is 4. The Bertz CT molecular complexity index is 1050. The van der Waals surface area contributed by atoms with E-state index in [9.17, 15) is 19.2 Å². The molecule has 1 atom stereocenters. The minimum Gasteiger partial charge on any atom is -0.347 e. The van der Waals surface area contributed by atoms with Gasteiger partial charge in [0.25, 0.3) is 5.91 Å². The van der Waals surface area contributed by atoms with Crippen LogP contribution < -0.4 is 16.0 Å². The molecule has 1 unspecified atom stereocenters. The molecule has 3 N–H and O–H groups in total. The lowest BCUT2D eigenvalue weighted by atomic mass is 10.2. The number of likely N-dealkylation sites (N-methyl/N-ethyl adjacent to an activating group) is 2. The largest absolute Gasteiger partial charge is 0.347 e. The van der Waals surface area contributed by atoms with Crippen molar-refractivity contribution in [3.05, 3.63) is 38.9 Å². The van der Waals surface area contributed by atoms with Crippen molar-refractivity contribution >= 4 is 52.4 Å². The number of nitrogens with zero attached hydrogens (tertiary/aromatic N) is 4. The van der Waals surface area contributed by atoms with Crippen LogP contribution in [-0.4, -0.2) is 90.2 Å². The van der Waals surface area contributed by atoms with Crippen LogP contribution in [-0.2, 0) is 27.2 Å². The maximum atomic E-state index is 12.8. The van der Waals surface area contributed by atoms with Gasteiger partial charge in [-0.3, -0.25) is 19.2 Å². The van der Waals surface area contributed by atoms with E-state index in [1.54, 1.807) is 0 Å². The highest BCUT2D eigenvalue weighted by molar-refractivity contribution is 7.13. The lowest BCUT2D eigenvalue weighted by Crippen LogP contribution is -2.53. The zero-order valence-corrected chi connectivity index (χ0v) is 20.6. The molecule has 2 aromatic heterocycles. The molecule has 0 radical (unpaired) electrons. The first-order valence-corrected chi connectivity index (χ1v) is 11.7. The van der Waals surface area contributed by atoms with E-state index in [-0.39, 0.29) is 17.4 Å². The van der Waals surface area contributed by atoms with Crippen LogP contribution in [0.3, 0.4) is 0 Å². The molecule has 2 aromatic rings. The number of carbonyl (C=O) groups is 4. The van der Waals surface area contributed by atoms with E-state index in [0.717, 1.165) is 36.5 Å². The van der Waals surface area contributed by atoms with Crippen LogP contribution in [0.25, 0.3) is 0 Å². The molecule has 4 amide bonds. The number of carbonyl (C=O) groups excluding carboxylic acids is 4. The Morgan fingerprint density at radius 3 is 2.59 bits per heavy atom. The van der Waals surface area contributed by atoms with Crippen molar-refractivity contribution in [2.75, 3.05) is 46.1 Å². The zero-order valence-electron chi connectivity index (χ0n) is 19.1. The first-order valence-electron chi connectivity index (χ1n) is 10.5. The summed E-state index contributed by atoms with van der Waals surface area (Å²) in [6.07, 6.45) is 2.89. The maximum Gasteiger partial charge on any atom is 0.314 e. The summed E-state index contributed by atoms with van der Waals surface area (Å²) in [5.74, 6) is -2.74. The van der Waals surface area contributed by atoms with Gasteiger partial charge in [-0.15, -0.1) is 11.3 Å². The fourth-order valence-corrected chi connectivity index (χ4v) is 4.31. The topological polar surface area (TPSA) is 137 Å². The van der Waals surface area contributed by atoms with E-state index < -0.39 is 29.7 Å².